The molecule has 2 rings (SSSR count). The molecule has 0 atom stereocenters. The van der Waals surface area contributed by atoms with Crippen molar-refractivity contribution in [3.8, 4) is 0 Å². The molecular formula is C23H27BrO5. The van der Waals surface area contributed by atoms with E-state index in [9.17, 15) is 9.59 Å². The third-order valence-electron chi connectivity index (χ3n) is 4.54. The van der Waals surface area contributed by atoms with Crippen molar-refractivity contribution < 1.29 is 23.8 Å². The number of benzene rings is 2. The van der Waals surface area contributed by atoms with Crippen LogP contribution in [0.1, 0.15) is 31.4 Å². The van der Waals surface area contributed by atoms with Crippen LogP contribution in [0, 0.1) is 5.41 Å². The molecule has 29 heavy (non-hydrogen) atoms. The van der Waals surface area contributed by atoms with E-state index in [1.54, 1.807) is 13.8 Å². The second-order valence-corrected chi connectivity index (χ2v) is 7.53. The number of hydrogen-bond acceptors (Lipinski definition) is 5. The summed E-state index contributed by atoms with van der Waals surface area (Å²) in [5.41, 5.74) is 0.423. The van der Waals surface area contributed by atoms with E-state index in [0.29, 0.717) is 6.61 Å². The van der Waals surface area contributed by atoms with Gasteiger partial charge in [-0.2, -0.15) is 0 Å². The van der Waals surface area contributed by atoms with Crippen molar-refractivity contribution in [2.45, 2.75) is 33.3 Å². The van der Waals surface area contributed by atoms with Crippen molar-refractivity contribution in [3.63, 3.8) is 0 Å². The lowest BCUT2D eigenvalue weighted by Crippen LogP contribution is -2.45. The normalized spacial score (nSPS) is 11.1. The SMILES string of the molecule is CCOC(=O)C(CCOCc1ccccc1)(Cc1ccc(Br)cc1)C(=O)OCC. The van der Waals surface area contributed by atoms with Crippen molar-refractivity contribution in [2.24, 2.45) is 5.41 Å². The Morgan fingerprint density at radius 1 is 0.862 bits per heavy atom. The highest BCUT2D eigenvalue weighted by molar-refractivity contribution is 9.10. The van der Waals surface area contributed by atoms with Gasteiger partial charge < -0.3 is 14.2 Å². The molecule has 0 fully saturated rings. The minimum atomic E-state index is -1.45. The molecule has 0 heterocycles. The molecule has 0 aliphatic heterocycles. The molecule has 2 aromatic rings. The van der Waals surface area contributed by atoms with Gasteiger partial charge in [0.15, 0.2) is 5.41 Å². The number of carbonyl (C=O) groups excluding carboxylic acids is 2. The summed E-state index contributed by atoms with van der Waals surface area (Å²) in [4.78, 5) is 25.9. The molecule has 0 bridgehead atoms. The van der Waals surface area contributed by atoms with Gasteiger partial charge >= 0.3 is 11.9 Å². The standard InChI is InChI=1S/C23H27BrO5/c1-3-28-21(25)23(22(26)29-4-2,16-18-10-12-20(24)13-11-18)14-15-27-17-19-8-6-5-7-9-19/h5-13H,3-4,14-17H2,1-2H3. The average Bonchev–Trinajstić information content (AvgIpc) is 2.73. The second-order valence-electron chi connectivity index (χ2n) is 6.61. The zero-order chi connectivity index (χ0) is 21.1. The van der Waals surface area contributed by atoms with Crippen LogP contribution in [0.2, 0.25) is 0 Å². The molecule has 0 aliphatic carbocycles. The summed E-state index contributed by atoms with van der Waals surface area (Å²) < 4.78 is 17.3. The van der Waals surface area contributed by atoms with Crippen molar-refractivity contribution >= 4 is 27.9 Å². The average molecular weight is 463 g/mol. The lowest BCUT2D eigenvalue weighted by molar-refractivity contribution is -0.173. The lowest BCUT2D eigenvalue weighted by Gasteiger charge is -2.29. The van der Waals surface area contributed by atoms with Gasteiger partial charge in [-0.15, -0.1) is 0 Å². The van der Waals surface area contributed by atoms with Gasteiger partial charge in [0.2, 0.25) is 0 Å². The molecular weight excluding hydrogens is 436 g/mol. The predicted octanol–water partition coefficient (Wildman–Crippen LogP) is 4.71. The molecule has 0 aromatic heterocycles. The van der Waals surface area contributed by atoms with Gasteiger partial charge in [0.25, 0.3) is 0 Å². The summed E-state index contributed by atoms with van der Waals surface area (Å²) in [7, 11) is 0. The molecule has 0 spiro atoms. The van der Waals surface area contributed by atoms with Crippen LogP contribution in [-0.4, -0.2) is 31.8 Å². The maximum Gasteiger partial charge on any atom is 0.323 e. The predicted molar refractivity (Wildman–Crippen MR) is 114 cm³/mol. The molecule has 5 nitrogen and oxygen atoms in total. The molecule has 0 radical (unpaired) electrons. The Hall–Kier alpha value is -2.18. The largest absolute Gasteiger partial charge is 0.465 e. The van der Waals surface area contributed by atoms with Crippen LogP contribution in [0.15, 0.2) is 59.1 Å². The van der Waals surface area contributed by atoms with Crippen LogP contribution in [-0.2, 0) is 36.8 Å². The van der Waals surface area contributed by atoms with E-state index in [2.05, 4.69) is 15.9 Å². The number of esters is 2. The van der Waals surface area contributed by atoms with Crippen LogP contribution in [0.5, 0.6) is 0 Å². The third-order valence-corrected chi connectivity index (χ3v) is 5.06. The summed E-state index contributed by atoms with van der Waals surface area (Å²) in [6.45, 7) is 4.44. The summed E-state index contributed by atoms with van der Waals surface area (Å²) in [5.74, 6) is -1.16. The van der Waals surface area contributed by atoms with Gasteiger partial charge in [-0.05, 0) is 49.9 Å². The monoisotopic (exact) mass is 462 g/mol. The van der Waals surface area contributed by atoms with Gasteiger partial charge in [-0.25, -0.2) is 0 Å². The first-order chi connectivity index (χ1) is 14.0. The van der Waals surface area contributed by atoms with Gasteiger partial charge in [0.1, 0.15) is 0 Å². The molecule has 0 unspecified atom stereocenters. The summed E-state index contributed by atoms with van der Waals surface area (Å²) in [6, 6.07) is 17.3. The molecule has 0 amide bonds. The van der Waals surface area contributed by atoms with Crippen LogP contribution in [0.3, 0.4) is 0 Å². The van der Waals surface area contributed by atoms with Crippen LogP contribution in [0.25, 0.3) is 0 Å². The van der Waals surface area contributed by atoms with E-state index >= 15 is 0 Å². The van der Waals surface area contributed by atoms with E-state index in [1.165, 1.54) is 0 Å². The maximum absolute atomic E-state index is 12.9. The minimum Gasteiger partial charge on any atom is -0.465 e. The Morgan fingerprint density at radius 2 is 1.45 bits per heavy atom. The number of ether oxygens (including phenoxy) is 3. The minimum absolute atomic E-state index is 0.174. The quantitative estimate of drug-likeness (QED) is 0.274. The molecule has 0 saturated heterocycles. The highest BCUT2D eigenvalue weighted by Gasteiger charge is 2.48. The number of carbonyl (C=O) groups is 2. The van der Waals surface area contributed by atoms with E-state index in [4.69, 9.17) is 14.2 Å². The Labute approximate surface area is 180 Å². The summed E-state index contributed by atoms with van der Waals surface area (Å²) in [6.07, 6.45) is 0.361. The second kappa shape index (κ2) is 11.7. The highest BCUT2D eigenvalue weighted by Crippen LogP contribution is 2.32. The van der Waals surface area contributed by atoms with Gasteiger partial charge in [-0.1, -0.05) is 58.4 Å². The third kappa shape index (κ3) is 6.68. The maximum atomic E-state index is 12.9. The summed E-state index contributed by atoms with van der Waals surface area (Å²) >= 11 is 3.40. The smallest absolute Gasteiger partial charge is 0.323 e. The zero-order valence-electron chi connectivity index (χ0n) is 16.9. The first-order valence-electron chi connectivity index (χ1n) is 9.72. The summed E-state index contributed by atoms with van der Waals surface area (Å²) in [5, 5.41) is 0. The van der Waals surface area contributed by atoms with Crippen molar-refractivity contribution in [1.82, 2.24) is 0 Å². The lowest BCUT2D eigenvalue weighted by atomic mass is 9.78. The van der Waals surface area contributed by atoms with Gasteiger partial charge in [-0.3, -0.25) is 9.59 Å². The topological polar surface area (TPSA) is 61.8 Å². The zero-order valence-corrected chi connectivity index (χ0v) is 18.4. The van der Waals surface area contributed by atoms with Crippen molar-refractivity contribution in [2.75, 3.05) is 19.8 Å². The Kier molecular flexibility index (Phi) is 9.35. The van der Waals surface area contributed by atoms with E-state index in [-0.39, 0.29) is 32.7 Å². The first-order valence-corrected chi connectivity index (χ1v) is 10.5. The van der Waals surface area contributed by atoms with Crippen molar-refractivity contribution in [3.05, 3.63) is 70.2 Å². The Morgan fingerprint density at radius 3 is 2.00 bits per heavy atom. The molecule has 0 saturated carbocycles. The van der Waals surface area contributed by atoms with Crippen molar-refractivity contribution in [1.29, 1.82) is 0 Å². The molecule has 2 aromatic carbocycles. The van der Waals surface area contributed by atoms with Gasteiger partial charge in [0, 0.05) is 11.1 Å². The molecule has 0 N–H and O–H groups in total. The number of rotatable bonds is 11. The van der Waals surface area contributed by atoms with Gasteiger partial charge in [0.05, 0.1) is 19.8 Å². The van der Waals surface area contributed by atoms with E-state index in [0.717, 1.165) is 15.6 Å². The highest BCUT2D eigenvalue weighted by atomic mass is 79.9. The molecule has 0 aliphatic rings. The van der Waals surface area contributed by atoms with E-state index in [1.807, 2.05) is 54.6 Å². The van der Waals surface area contributed by atoms with E-state index < -0.39 is 17.4 Å². The van der Waals surface area contributed by atoms with Crippen LogP contribution < -0.4 is 0 Å². The van der Waals surface area contributed by atoms with Crippen LogP contribution in [0.4, 0.5) is 0 Å². The Balaban J connectivity index is 2.21. The fraction of sp³-hybridized carbons (Fsp3) is 0.391. The molecule has 156 valence electrons. The number of halogens is 1. The fourth-order valence-corrected chi connectivity index (χ4v) is 3.28. The fourth-order valence-electron chi connectivity index (χ4n) is 3.02. The van der Waals surface area contributed by atoms with Crippen LogP contribution >= 0.6 is 15.9 Å². The Bertz CT molecular complexity index is 756. The first kappa shape index (κ1) is 23.1. The number of hydrogen-bond donors (Lipinski definition) is 0. The molecule has 6 heteroatoms.